The molecule has 0 fully saturated rings. The van der Waals surface area contributed by atoms with Crippen molar-refractivity contribution in [1.29, 1.82) is 0 Å². The Morgan fingerprint density at radius 2 is 1.64 bits per heavy atom. The number of aryl methyl sites for hydroxylation is 2. The molecule has 4 rings (SSSR count). The van der Waals surface area contributed by atoms with Crippen LogP contribution < -0.4 is 16.6 Å². The van der Waals surface area contributed by atoms with Gasteiger partial charge in [-0.25, -0.2) is 4.79 Å². The maximum absolute atomic E-state index is 13.1. The Balaban J connectivity index is 1.72. The predicted octanol–water partition coefficient (Wildman–Crippen LogP) is 3.69. The van der Waals surface area contributed by atoms with Gasteiger partial charge >= 0.3 is 5.69 Å². The van der Waals surface area contributed by atoms with E-state index in [0.717, 1.165) is 35.0 Å². The smallest absolute Gasteiger partial charge is 0.331 e. The summed E-state index contributed by atoms with van der Waals surface area (Å²) in [5.41, 5.74) is 3.42. The van der Waals surface area contributed by atoms with Gasteiger partial charge in [0.25, 0.3) is 5.56 Å². The molecule has 2 heterocycles. The maximum Gasteiger partial charge on any atom is 0.331 e. The zero-order valence-electron chi connectivity index (χ0n) is 19.2. The van der Waals surface area contributed by atoms with E-state index in [1.54, 1.807) is 11.6 Å². The van der Waals surface area contributed by atoms with Gasteiger partial charge in [-0.1, -0.05) is 55.8 Å². The van der Waals surface area contributed by atoms with Crippen molar-refractivity contribution in [2.45, 2.75) is 32.7 Å². The molecule has 2 aromatic heterocycles. The van der Waals surface area contributed by atoms with Gasteiger partial charge < -0.3 is 9.88 Å². The van der Waals surface area contributed by atoms with Crippen molar-refractivity contribution in [3.63, 3.8) is 0 Å². The number of carbonyl (C=O) groups is 1. The van der Waals surface area contributed by atoms with Gasteiger partial charge in [0, 0.05) is 31.5 Å². The lowest BCUT2D eigenvalue weighted by Crippen LogP contribution is -2.40. The van der Waals surface area contributed by atoms with E-state index in [0.29, 0.717) is 16.7 Å². The van der Waals surface area contributed by atoms with Crippen LogP contribution in [0.1, 0.15) is 25.3 Å². The van der Waals surface area contributed by atoms with E-state index in [9.17, 15) is 14.4 Å². The first-order chi connectivity index (χ1) is 15.9. The summed E-state index contributed by atoms with van der Waals surface area (Å²) in [5, 5.41) is 2.87. The van der Waals surface area contributed by atoms with E-state index >= 15 is 0 Å². The van der Waals surface area contributed by atoms with Gasteiger partial charge in [0.1, 0.15) is 12.1 Å². The summed E-state index contributed by atoms with van der Waals surface area (Å²) in [4.78, 5) is 38.9. The van der Waals surface area contributed by atoms with Crippen LogP contribution in [0.2, 0.25) is 0 Å². The average Bonchev–Trinajstić information content (AvgIpc) is 3.17. The molecule has 0 saturated carbocycles. The number of rotatable bonds is 7. The minimum Gasteiger partial charge on any atom is -0.344 e. The number of carbonyl (C=O) groups excluding carboxylic acids is 1. The molecule has 7 nitrogen and oxygen atoms in total. The molecule has 0 radical (unpaired) electrons. The van der Waals surface area contributed by atoms with Crippen LogP contribution in [-0.4, -0.2) is 19.6 Å². The summed E-state index contributed by atoms with van der Waals surface area (Å²) in [7, 11) is 3.20. The average molecular weight is 445 g/mol. The minimum absolute atomic E-state index is 0.203. The molecule has 2 aromatic carbocycles. The van der Waals surface area contributed by atoms with Crippen molar-refractivity contribution >= 4 is 22.6 Å². The van der Waals surface area contributed by atoms with E-state index in [1.807, 2.05) is 60.8 Å². The van der Waals surface area contributed by atoms with Crippen LogP contribution >= 0.6 is 0 Å². The Morgan fingerprint density at radius 1 is 0.939 bits per heavy atom. The first-order valence-electron chi connectivity index (χ1n) is 11.1. The molecular weight excluding hydrogens is 416 g/mol. The molecule has 0 aliphatic carbocycles. The molecule has 0 spiro atoms. The van der Waals surface area contributed by atoms with Crippen LogP contribution in [0.5, 0.6) is 0 Å². The van der Waals surface area contributed by atoms with Crippen molar-refractivity contribution in [1.82, 2.24) is 13.7 Å². The fourth-order valence-electron chi connectivity index (χ4n) is 4.12. The van der Waals surface area contributed by atoms with Gasteiger partial charge in [0.2, 0.25) is 5.91 Å². The van der Waals surface area contributed by atoms with E-state index in [1.165, 1.54) is 17.2 Å². The lowest BCUT2D eigenvalue weighted by atomic mass is 10.1. The molecule has 33 heavy (non-hydrogen) atoms. The SMILES string of the molecule is CCCCc1ccc(NC(=O)Cn2c(=O)n(C)c(=O)c3c2c(-c2ccccc2)cn3C)cc1. The number of anilines is 1. The summed E-state index contributed by atoms with van der Waals surface area (Å²) in [6.45, 7) is 1.95. The Hall–Kier alpha value is -3.87. The van der Waals surface area contributed by atoms with E-state index < -0.39 is 5.69 Å². The van der Waals surface area contributed by atoms with Crippen LogP contribution in [0.4, 0.5) is 5.69 Å². The number of benzene rings is 2. The normalized spacial score (nSPS) is 11.1. The van der Waals surface area contributed by atoms with E-state index in [2.05, 4.69) is 12.2 Å². The number of unbranched alkanes of at least 4 members (excludes halogenated alkanes) is 1. The fourth-order valence-corrected chi connectivity index (χ4v) is 4.12. The number of fused-ring (bicyclic) bond motifs is 1. The van der Waals surface area contributed by atoms with Crippen LogP contribution in [0.25, 0.3) is 22.2 Å². The highest BCUT2D eigenvalue weighted by Gasteiger charge is 2.20. The van der Waals surface area contributed by atoms with E-state index in [-0.39, 0.29) is 18.0 Å². The Morgan fingerprint density at radius 3 is 2.30 bits per heavy atom. The number of hydrogen-bond acceptors (Lipinski definition) is 3. The number of aromatic nitrogens is 3. The second-order valence-corrected chi connectivity index (χ2v) is 8.30. The molecule has 1 amide bonds. The van der Waals surface area contributed by atoms with E-state index in [4.69, 9.17) is 0 Å². The number of nitrogens with one attached hydrogen (secondary N) is 1. The topological polar surface area (TPSA) is 78.0 Å². The molecule has 4 aromatic rings. The van der Waals surface area contributed by atoms with Crippen molar-refractivity contribution in [3.05, 3.63) is 87.2 Å². The molecule has 1 N–H and O–H groups in total. The van der Waals surface area contributed by atoms with Gasteiger partial charge in [-0.3, -0.25) is 18.7 Å². The molecule has 0 bridgehead atoms. The summed E-state index contributed by atoms with van der Waals surface area (Å²) in [6.07, 6.45) is 5.08. The summed E-state index contributed by atoms with van der Waals surface area (Å²) < 4.78 is 4.14. The largest absolute Gasteiger partial charge is 0.344 e. The highest BCUT2D eigenvalue weighted by molar-refractivity contribution is 5.95. The highest BCUT2D eigenvalue weighted by atomic mass is 16.2. The molecule has 0 aliphatic heterocycles. The monoisotopic (exact) mass is 444 g/mol. The van der Waals surface area contributed by atoms with Crippen molar-refractivity contribution < 1.29 is 4.79 Å². The second-order valence-electron chi connectivity index (χ2n) is 8.30. The summed E-state index contributed by atoms with van der Waals surface area (Å²) >= 11 is 0. The molecule has 0 unspecified atom stereocenters. The predicted molar refractivity (Wildman–Crippen MR) is 132 cm³/mol. The zero-order chi connectivity index (χ0) is 23.5. The van der Waals surface area contributed by atoms with Gasteiger partial charge in [0.05, 0.1) is 5.52 Å². The lowest BCUT2D eigenvalue weighted by molar-refractivity contribution is -0.116. The second kappa shape index (κ2) is 9.32. The summed E-state index contributed by atoms with van der Waals surface area (Å²) in [6, 6.07) is 17.3. The van der Waals surface area contributed by atoms with Crippen molar-refractivity contribution in [3.8, 4) is 11.1 Å². The first-order valence-corrected chi connectivity index (χ1v) is 11.1. The molecule has 0 aliphatic rings. The van der Waals surface area contributed by atoms with Crippen molar-refractivity contribution in [2.24, 2.45) is 14.1 Å². The van der Waals surface area contributed by atoms with Crippen molar-refractivity contribution in [2.75, 3.05) is 5.32 Å². The maximum atomic E-state index is 13.1. The van der Waals surface area contributed by atoms with Crippen LogP contribution in [-0.2, 0) is 31.9 Å². The third-order valence-corrected chi connectivity index (χ3v) is 5.89. The van der Waals surface area contributed by atoms with Crippen LogP contribution in [0, 0.1) is 0 Å². The van der Waals surface area contributed by atoms with Gasteiger partial charge in [-0.15, -0.1) is 0 Å². The zero-order valence-corrected chi connectivity index (χ0v) is 19.2. The number of hydrogen-bond donors (Lipinski definition) is 1. The van der Waals surface area contributed by atoms with Crippen LogP contribution in [0.3, 0.4) is 0 Å². The third kappa shape index (κ3) is 4.39. The molecule has 0 saturated heterocycles. The fraction of sp³-hybridized carbons (Fsp3) is 0.269. The Kier molecular flexibility index (Phi) is 6.31. The quantitative estimate of drug-likeness (QED) is 0.472. The van der Waals surface area contributed by atoms with Gasteiger partial charge in [0.15, 0.2) is 0 Å². The minimum atomic E-state index is -0.527. The first kappa shape index (κ1) is 22.3. The molecule has 0 atom stereocenters. The molecule has 7 heteroatoms. The molecular formula is C26H28N4O3. The Bertz CT molecular complexity index is 1410. The lowest BCUT2D eigenvalue weighted by Gasteiger charge is -2.12. The highest BCUT2D eigenvalue weighted by Crippen LogP contribution is 2.28. The third-order valence-electron chi connectivity index (χ3n) is 5.89. The van der Waals surface area contributed by atoms with Gasteiger partial charge in [-0.05, 0) is 36.1 Å². The number of nitrogens with zero attached hydrogens (tertiary/aromatic N) is 3. The van der Waals surface area contributed by atoms with Crippen LogP contribution in [0.15, 0.2) is 70.4 Å². The number of amides is 1. The molecule has 170 valence electrons. The summed E-state index contributed by atoms with van der Waals surface area (Å²) in [5.74, 6) is -0.332. The Labute approximate surface area is 191 Å². The standard InChI is InChI=1S/C26H28N4O3/c1-4-5-9-18-12-14-20(15-13-18)27-22(31)17-30-23-21(19-10-7-6-8-11-19)16-28(2)24(23)25(32)29(3)26(30)33/h6-8,10-16H,4-5,9,17H2,1-3H3,(H,27,31). The van der Waals surface area contributed by atoms with Gasteiger partial charge in [-0.2, -0.15) is 0 Å².